The number of hydrogen-bond acceptors (Lipinski definition) is 4. The fourth-order valence-corrected chi connectivity index (χ4v) is 3.06. The van der Waals surface area contributed by atoms with Crippen LogP contribution < -0.4 is 16.2 Å². The van der Waals surface area contributed by atoms with Gasteiger partial charge in [-0.05, 0) is 57.0 Å². The standard InChI is InChI=1S/C16H24N4O/c1-12-9-15(19-18-12)16(21)17-14-6-4-5-13(10-14)11-20-7-2-3-8-20/h4-6,10,12,15,18-19H,2-3,7-9,11H2,1H3,(H,17,21). The third-order valence-corrected chi connectivity index (χ3v) is 4.21. The lowest BCUT2D eigenvalue weighted by molar-refractivity contribution is -0.117. The predicted octanol–water partition coefficient (Wildman–Crippen LogP) is 1.48. The van der Waals surface area contributed by atoms with E-state index in [0.29, 0.717) is 6.04 Å². The van der Waals surface area contributed by atoms with Gasteiger partial charge < -0.3 is 5.32 Å². The van der Waals surface area contributed by atoms with E-state index in [0.717, 1.165) is 18.7 Å². The number of hydrogen-bond donors (Lipinski definition) is 3. The van der Waals surface area contributed by atoms with Crippen LogP contribution in [0.25, 0.3) is 0 Å². The molecule has 2 unspecified atom stereocenters. The number of nitrogens with one attached hydrogen (secondary N) is 3. The number of rotatable bonds is 4. The molecule has 2 heterocycles. The van der Waals surface area contributed by atoms with Crippen molar-refractivity contribution >= 4 is 11.6 Å². The van der Waals surface area contributed by atoms with E-state index in [1.807, 2.05) is 12.1 Å². The van der Waals surface area contributed by atoms with Crippen LogP contribution in [0.4, 0.5) is 5.69 Å². The minimum atomic E-state index is -0.151. The van der Waals surface area contributed by atoms with Gasteiger partial charge in [-0.1, -0.05) is 12.1 Å². The molecule has 2 saturated heterocycles. The van der Waals surface area contributed by atoms with Crippen LogP contribution >= 0.6 is 0 Å². The molecule has 21 heavy (non-hydrogen) atoms. The quantitative estimate of drug-likeness (QED) is 0.785. The van der Waals surface area contributed by atoms with Crippen molar-refractivity contribution in [2.45, 2.75) is 44.8 Å². The summed E-state index contributed by atoms with van der Waals surface area (Å²) in [4.78, 5) is 14.7. The van der Waals surface area contributed by atoms with Gasteiger partial charge in [0.1, 0.15) is 6.04 Å². The number of anilines is 1. The van der Waals surface area contributed by atoms with Crippen LogP contribution in [0.2, 0.25) is 0 Å². The SMILES string of the molecule is CC1CC(C(=O)Nc2cccc(CN3CCCC3)c2)NN1. The number of amides is 1. The van der Waals surface area contributed by atoms with Crippen molar-refractivity contribution in [3.63, 3.8) is 0 Å². The first kappa shape index (κ1) is 14.5. The summed E-state index contributed by atoms with van der Waals surface area (Å²) in [5.41, 5.74) is 8.26. The molecule has 5 nitrogen and oxygen atoms in total. The third kappa shape index (κ3) is 3.81. The van der Waals surface area contributed by atoms with Crippen LogP contribution in [0.1, 0.15) is 31.7 Å². The molecule has 2 aliphatic heterocycles. The fraction of sp³-hybridized carbons (Fsp3) is 0.562. The fourth-order valence-electron chi connectivity index (χ4n) is 3.06. The van der Waals surface area contributed by atoms with Crippen LogP contribution in [0.5, 0.6) is 0 Å². The first-order valence-electron chi connectivity index (χ1n) is 7.84. The summed E-state index contributed by atoms with van der Waals surface area (Å²) in [6, 6.07) is 8.37. The highest BCUT2D eigenvalue weighted by Crippen LogP contribution is 2.17. The van der Waals surface area contributed by atoms with E-state index in [1.54, 1.807) is 0 Å². The Morgan fingerprint density at radius 2 is 2.14 bits per heavy atom. The predicted molar refractivity (Wildman–Crippen MR) is 83.7 cm³/mol. The Balaban J connectivity index is 1.58. The maximum atomic E-state index is 12.2. The maximum absolute atomic E-state index is 12.2. The molecule has 2 aliphatic rings. The Labute approximate surface area is 126 Å². The summed E-state index contributed by atoms with van der Waals surface area (Å²) in [6.07, 6.45) is 3.42. The molecule has 3 rings (SSSR count). The van der Waals surface area contributed by atoms with Gasteiger partial charge in [0.15, 0.2) is 0 Å². The average molecular weight is 288 g/mol. The summed E-state index contributed by atoms with van der Waals surface area (Å²) in [5.74, 6) is 0.0326. The van der Waals surface area contributed by atoms with Crippen molar-refractivity contribution < 1.29 is 4.79 Å². The molecule has 0 bridgehead atoms. The molecule has 3 N–H and O–H groups in total. The minimum Gasteiger partial charge on any atom is -0.325 e. The highest BCUT2D eigenvalue weighted by Gasteiger charge is 2.26. The van der Waals surface area contributed by atoms with Gasteiger partial charge in [0.2, 0.25) is 5.91 Å². The number of hydrazine groups is 1. The van der Waals surface area contributed by atoms with Gasteiger partial charge in [-0.2, -0.15) is 0 Å². The van der Waals surface area contributed by atoms with E-state index < -0.39 is 0 Å². The smallest absolute Gasteiger partial charge is 0.242 e. The molecule has 0 spiro atoms. The number of carbonyl (C=O) groups excluding carboxylic acids is 1. The van der Waals surface area contributed by atoms with Crippen LogP contribution in [0, 0.1) is 0 Å². The molecule has 5 heteroatoms. The molecule has 0 aliphatic carbocycles. The van der Waals surface area contributed by atoms with Crippen molar-refractivity contribution in [1.29, 1.82) is 0 Å². The molecule has 1 aromatic rings. The van der Waals surface area contributed by atoms with Gasteiger partial charge in [0.25, 0.3) is 0 Å². The normalized spacial score (nSPS) is 26.1. The van der Waals surface area contributed by atoms with Crippen molar-refractivity contribution in [2.75, 3.05) is 18.4 Å². The van der Waals surface area contributed by atoms with Crippen LogP contribution in [-0.2, 0) is 11.3 Å². The highest BCUT2D eigenvalue weighted by atomic mass is 16.2. The topological polar surface area (TPSA) is 56.4 Å². The highest BCUT2D eigenvalue weighted by molar-refractivity contribution is 5.95. The van der Waals surface area contributed by atoms with Crippen molar-refractivity contribution in [3.8, 4) is 0 Å². The first-order chi connectivity index (χ1) is 10.2. The zero-order valence-electron chi connectivity index (χ0n) is 12.6. The second kappa shape index (κ2) is 6.56. The number of nitrogens with zero attached hydrogens (tertiary/aromatic N) is 1. The molecule has 114 valence electrons. The van der Waals surface area contributed by atoms with Crippen LogP contribution in [-0.4, -0.2) is 36.0 Å². The minimum absolute atomic E-state index is 0.0326. The van der Waals surface area contributed by atoms with Crippen molar-refractivity contribution in [2.24, 2.45) is 0 Å². The van der Waals surface area contributed by atoms with E-state index in [9.17, 15) is 4.79 Å². The monoisotopic (exact) mass is 288 g/mol. The van der Waals surface area contributed by atoms with Gasteiger partial charge in [-0.3, -0.25) is 15.1 Å². The van der Waals surface area contributed by atoms with Gasteiger partial charge in [-0.15, -0.1) is 0 Å². The molecule has 0 radical (unpaired) electrons. The molecular weight excluding hydrogens is 264 g/mol. The van der Waals surface area contributed by atoms with Gasteiger partial charge in [0, 0.05) is 18.3 Å². The van der Waals surface area contributed by atoms with E-state index in [4.69, 9.17) is 0 Å². The lowest BCUT2D eigenvalue weighted by atomic mass is 10.1. The summed E-state index contributed by atoms with van der Waals surface area (Å²) in [6.45, 7) is 5.42. The van der Waals surface area contributed by atoms with Crippen molar-refractivity contribution in [1.82, 2.24) is 15.8 Å². The molecular formula is C16H24N4O. The Morgan fingerprint density at radius 1 is 1.33 bits per heavy atom. The summed E-state index contributed by atoms with van der Waals surface area (Å²) in [7, 11) is 0. The molecule has 2 fully saturated rings. The van der Waals surface area contributed by atoms with E-state index in [-0.39, 0.29) is 11.9 Å². The Hall–Kier alpha value is -1.43. The lowest BCUT2D eigenvalue weighted by Crippen LogP contribution is -2.39. The third-order valence-electron chi connectivity index (χ3n) is 4.21. The first-order valence-corrected chi connectivity index (χ1v) is 7.84. The Bertz CT molecular complexity index is 499. The molecule has 1 aromatic carbocycles. The maximum Gasteiger partial charge on any atom is 0.242 e. The largest absolute Gasteiger partial charge is 0.325 e. The molecule has 0 saturated carbocycles. The number of benzene rings is 1. The Kier molecular flexibility index (Phi) is 4.53. The zero-order valence-corrected chi connectivity index (χ0v) is 12.6. The van der Waals surface area contributed by atoms with E-state index in [2.05, 4.69) is 40.1 Å². The second-order valence-corrected chi connectivity index (χ2v) is 6.15. The zero-order chi connectivity index (χ0) is 14.7. The van der Waals surface area contributed by atoms with E-state index in [1.165, 1.54) is 31.5 Å². The van der Waals surface area contributed by atoms with Gasteiger partial charge in [-0.25, -0.2) is 5.43 Å². The number of carbonyl (C=O) groups is 1. The van der Waals surface area contributed by atoms with Gasteiger partial charge in [0.05, 0.1) is 0 Å². The van der Waals surface area contributed by atoms with Crippen LogP contribution in [0.3, 0.4) is 0 Å². The Morgan fingerprint density at radius 3 is 2.86 bits per heavy atom. The van der Waals surface area contributed by atoms with Crippen molar-refractivity contribution in [3.05, 3.63) is 29.8 Å². The summed E-state index contributed by atoms with van der Waals surface area (Å²) in [5, 5.41) is 3.01. The molecule has 0 aromatic heterocycles. The van der Waals surface area contributed by atoms with Gasteiger partial charge >= 0.3 is 0 Å². The average Bonchev–Trinajstić information content (AvgIpc) is 3.11. The second-order valence-electron chi connectivity index (χ2n) is 6.15. The summed E-state index contributed by atoms with van der Waals surface area (Å²) >= 11 is 0. The molecule has 2 atom stereocenters. The molecule has 1 amide bonds. The summed E-state index contributed by atoms with van der Waals surface area (Å²) < 4.78 is 0. The number of likely N-dealkylation sites (tertiary alicyclic amines) is 1. The lowest BCUT2D eigenvalue weighted by Gasteiger charge is -2.16. The van der Waals surface area contributed by atoms with E-state index >= 15 is 0 Å². The van der Waals surface area contributed by atoms with Crippen LogP contribution in [0.15, 0.2) is 24.3 Å².